The quantitative estimate of drug-likeness (QED) is 0.246. The molecule has 16 heteroatoms. The van der Waals surface area contributed by atoms with Gasteiger partial charge in [0.15, 0.2) is 0 Å². The first-order chi connectivity index (χ1) is 23.3. The number of pyridine rings is 1. The van der Waals surface area contributed by atoms with Gasteiger partial charge in [0.25, 0.3) is 11.8 Å². The summed E-state index contributed by atoms with van der Waals surface area (Å²) < 4.78 is 62.2. The smallest absolute Gasteiger partial charge is 0.320 e. The third kappa shape index (κ3) is 7.98. The van der Waals surface area contributed by atoms with Crippen molar-refractivity contribution in [1.29, 1.82) is 5.26 Å². The van der Waals surface area contributed by atoms with Crippen molar-refractivity contribution in [2.24, 2.45) is 0 Å². The lowest BCUT2D eigenvalue weighted by atomic mass is 9.87. The number of nitriles is 1. The minimum Gasteiger partial charge on any atom is -0.465 e. The highest BCUT2D eigenvalue weighted by molar-refractivity contribution is 6.31. The van der Waals surface area contributed by atoms with Crippen LogP contribution in [0.5, 0.6) is 0 Å². The van der Waals surface area contributed by atoms with Crippen molar-refractivity contribution in [2.45, 2.75) is 43.8 Å². The van der Waals surface area contributed by atoms with Gasteiger partial charge >= 0.3 is 5.97 Å². The van der Waals surface area contributed by atoms with E-state index in [1.807, 2.05) is 6.07 Å². The number of esters is 1. The number of anilines is 2. The fourth-order valence-corrected chi connectivity index (χ4v) is 6.06. The molecule has 256 valence electrons. The van der Waals surface area contributed by atoms with E-state index < -0.39 is 84.4 Å². The van der Waals surface area contributed by atoms with Gasteiger partial charge in [-0.15, -0.1) is 0 Å². The lowest BCUT2D eigenvalue weighted by Crippen LogP contribution is -2.64. The molecule has 1 N–H and O–H groups in total. The molecule has 0 unspecified atom stereocenters. The molecule has 1 aliphatic carbocycles. The van der Waals surface area contributed by atoms with E-state index in [-0.39, 0.29) is 41.7 Å². The number of aromatic nitrogens is 1. The summed E-state index contributed by atoms with van der Waals surface area (Å²) in [4.78, 5) is 62.4. The number of carbonyl (C=O) groups excluding carboxylic acids is 4. The SMILES string of the molecule is CCOC(=O)CN1CC(=O)N(c2cc(C#N)ccn2)[C@H](C(=O)N(c2cc(F)cc(F)c2)[C@H](C(=O)NC2CC(F)(F)C2)c2ccccc2Cl)C1. The molecule has 5 rings (SSSR count). The standard InChI is InChI=1S/C33H29ClF4N6O5/c1-2-49-29(46)18-42-16-26(44(28(45)17-42)27-9-19(15-39)7-8-40-27)32(48)43(23-11-20(35)10-21(36)12-23)30(24-5-3-4-6-25(24)34)31(47)41-22-13-33(37,38)14-22/h3-12,22,26,30H,2,13-14,16-18H2,1H3,(H,41,47)/t26-,30-/m0/s1. The van der Waals surface area contributed by atoms with Gasteiger partial charge in [0.2, 0.25) is 11.8 Å². The first-order valence-electron chi connectivity index (χ1n) is 15.1. The van der Waals surface area contributed by atoms with Crippen molar-refractivity contribution in [3.8, 4) is 6.07 Å². The summed E-state index contributed by atoms with van der Waals surface area (Å²) in [7, 11) is 0. The lowest BCUT2D eigenvalue weighted by molar-refractivity contribution is -0.145. The average Bonchev–Trinajstić information content (AvgIpc) is 3.02. The van der Waals surface area contributed by atoms with Crippen LogP contribution in [0.2, 0.25) is 5.02 Å². The van der Waals surface area contributed by atoms with E-state index in [4.69, 9.17) is 16.3 Å². The van der Waals surface area contributed by atoms with E-state index in [0.29, 0.717) is 6.07 Å². The van der Waals surface area contributed by atoms with E-state index in [2.05, 4.69) is 10.3 Å². The molecule has 2 fully saturated rings. The van der Waals surface area contributed by atoms with Gasteiger partial charge in [-0.2, -0.15) is 5.26 Å². The molecule has 1 aromatic heterocycles. The van der Waals surface area contributed by atoms with Crippen LogP contribution in [0.1, 0.15) is 36.9 Å². The van der Waals surface area contributed by atoms with Crippen LogP contribution in [0.25, 0.3) is 0 Å². The highest BCUT2D eigenvalue weighted by Crippen LogP contribution is 2.39. The molecule has 0 radical (unpaired) electrons. The van der Waals surface area contributed by atoms with Crippen LogP contribution in [-0.2, 0) is 23.9 Å². The van der Waals surface area contributed by atoms with Crippen LogP contribution in [-0.4, -0.2) is 77.8 Å². The first-order valence-corrected chi connectivity index (χ1v) is 15.5. The number of nitrogens with one attached hydrogen (secondary N) is 1. The van der Waals surface area contributed by atoms with E-state index in [9.17, 15) is 42.0 Å². The molecule has 2 heterocycles. The maximum atomic E-state index is 15.0. The third-order valence-corrected chi connectivity index (χ3v) is 8.28. The molecule has 3 aromatic rings. The molecule has 3 amide bonds. The van der Waals surface area contributed by atoms with E-state index in [1.54, 1.807) is 6.92 Å². The summed E-state index contributed by atoms with van der Waals surface area (Å²) in [6.07, 6.45) is -0.113. The van der Waals surface area contributed by atoms with Crippen molar-refractivity contribution in [3.05, 3.63) is 88.6 Å². The Labute approximate surface area is 283 Å². The van der Waals surface area contributed by atoms with Crippen LogP contribution in [0.4, 0.5) is 29.1 Å². The molecular formula is C33H29ClF4N6O5. The van der Waals surface area contributed by atoms with E-state index in [0.717, 1.165) is 21.9 Å². The Morgan fingerprint density at radius 3 is 2.47 bits per heavy atom. The van der Waals surface area contributed by atoms with Crippen molar-refractivity contribution >= 4 is 46.8 Å². The first kappa shape index (κ1) is 35.2. The van der Waals surface area contributed by atoms with Crippen LogP contribution in [0.3, 0.4) is 0 Å². The Hall–Kier alpha value is -5.07. The number of benzene rings is 2. The van der Waals surface area contributed by atoms with Crippen LogP contribution >= 0.6 is 11.6 Å². The molecule has 1 aliphatic heterocycles. The highest BCUT2D eigenvalue weighted by Gasteiger charge is 2.49. The highest BCUT2D eigenvalue weighted by atomic mass is 35.5. The number of nitrogens with zero attached hydrogens (tertiary/aromatic N) is 5. The largest absolute Gasteiger partial charge is 0.465 e. The van der Waals surface area contributed by atoms with Gasteiger partial charge in [-0.3, -0.25) is 33.9 Å². The minimum absolute atomic E-state index is 0.0209. The topological polar surface area (TPSA) is 136 Å². The van der Waals surface area contributed by atoms with Crippen LogP contribution in [0.15, 0.2) is 60.8 Å². The summed E-state index contributed by atoms with van der Waals surface area (Å²) in [6.45, 7) is 0.464. The van der Waals surface area contributed by atoms with Crippen molar-refractivity contribution in [3.63, 3.8) is 0 Å². The second-order valence-electron chi connectivity index (χ2n) is 11.5. The van der Waals surface area contributed by atoms with Crippen molar-refractivity contribution in [2.75, 3.05) is 36.0 Å². The number of carbonyl (C=O) groups is 4. The van der Waals surface area contributed by atoms with E-state index in [1.165, 1.54) is 47.5 Å². The predicted molar refractivity (Wildman–Crippen MR) is 167 cm³/mol. The Morgan fingerprint density at radius 1 is 1.14 bits per heavy atom. The number of halogens is 5. The fraction of sp³-hybridized carbons (Fsp3) is 0.333. The van der Waals surface area contributed by atoms with Gasteiger partial charge in [-0.1, -0.05) is 29.8 Å². The van der Waals surface area contributed by atoms with Gasteiger partial charge in [-0.05, 0) is 37.3 Å². The molecule has 0 spiro atoms. The van der Waals surface area contributed by atoms with Gasteiger partial charge in [0, 0.05) is 48.3 Å². The summed E-state index contributed by atoms with van der Waals surface area (Å²) >= 11 is 6.52. The second kappa shape index (κ2) is 14.6. The zero-order valence-electron chi connectivity index (χ0n) is 25.9. The second-order valence-corrected chi connectivity index (χ2v) is 11.9. The number of hydrogen-bond acceptors (Lipinski definition) is 8. The van der Waals surface area contributed by atoms with Gasteiger partial charge in [0.1, 0.15) is 29.5 Å². The number of rotatable bonds is 10. The predicted octanol–water partition coefficient (Wildman–Crippen LogP) is 4.15. The van der Waals surface area contributed by atoms with Crippen molar-refractivity contribution < 1.29 is 41.5 Å². The molecule has 2 aliphatic rings. The Balaban J connectivity index is 1.67. The summed E-state index contributed by atoms with van der Waals surface area (Å²) in [5.41, 5.74) is -0.393. The molecule has 1 saturated carbocycles. The van der Waals surface area contributed by atoms with Gasteiger partial charge in [0.05, 0.1) is 37.0 Å². The number of amides is 3. The van der Waals surface area contributed by atoms with Gasteiger partial charge in [-0.25, -0.2) is 22.5 Å². The van der Waals surface area contributed by atoms with Crippen LogP contribution < -0.4 is 15.1 Å². The Bertz CT molecular complexity index is 1800. The molecule has 1 saturated heterocycles. The number of ether oxygens (including phenoxy) is 1. The molecule has 2 aromatic carbocycles. The molecule has 49 heavy (non-hydrogen) atoms. The Kier molecular flexibility index (Phi) is 10.5. The summed E-state index contributed by atoms with van der Waals surface area (Å²) in [5.74, 6) is -8.88. The number of piperazine rings is 1. The zero-order chi connectivity index (χ0) is 35.5. The zero-order valence-corrected chi connectivity index (χ0v) is 26.7. The Morgan fingerprint density at radius 2 is 1.84 bits per heavy atom. The molecular weight excluding hydrogens is 672 g/mol. The lowest BCUT2D eigenvalue weighted by Gasteiger charge is -2.43. The molecule has 11 nitrogen and oxygen atoms in total. The average molecular weight is 701 g/mol. The van der Waals surface area contributed by atoms with E-state index >= 15 is 0 Å². The number of alkyl halides is 2. The van der Waals surface area contributed by atoms with Crippen molar-refractivity contribution in [1.82, 2.24) is 15.2 Å². The summed E-state index contributed by atoms with van der Waals surface area (Å²) in [6, 6.07) is 8.06. The van der Waals surface area contributed by atoms with Gasteiger partial charge < -0.3 is 10.1 Å². The third-order valence-electron chi connectivity index (χ3n) is 7.94. The maximum absolute atomic E-state index is 15.0. The summed E-state index contributed by atoms with van der Waals surface area (Å²) in [5, 5.41) is 12.0. The minimum atomic E-state index is -3.02. The number of hydrogen-bond donors (Lipinski definition) is 1. The molecule has 0 bridgehead atoms. The normalized spacial score (nSPS) is 18.2. The van der Waals surface area contributed by atoms with Crippen LogP contribution in [0, 0.1) is 23.0 Å². The monoisotopic (exact) mass is 700 g/mol. The molecule has 2 atom stereocenters. The fourth-order valence-electron chi connectivity index (χ4n) is 5.82. The maximum Gasteiger partial charge on any atom is 0.320 e.